The summed E-state index contributed by atoms with van der Waals surface area (Å²) in [6.07, 6.45) is 4.49. The SMILES string of the molecule is Cc1cccc(C)c1OCCn1cc(C=C2C(=N)N3C(=NC2=O)SN=C3S(C)(=O)=O)c2ccccc21. The van der Waals surface area contributed by atoms with Gasteiger partial charge in [0.25, 0.3) is 5.91 Å². The number of ether oxygens (including phenoxy) is 1. The molecular formula is C25H23N5O4S2. The summed E-state index contributed by atoms with van der Waals surface area (Å²) < 4.78 is 36.3. The lowest BCUT2D eigenvalue weighted by atomic mass is 10.1. The predicted molar refractivity (Wildman–Crippen MR) is 143 cm³/mol. The summed E-state index contributed by atoms with van der Waals surface area (Å²) in [6.45, 7) is 5.04. The van der Waals surface area contributed by atoms with Gasteiger partial charge in [0, 0.05) is 28.9 Å². The molecule has 0 saturated carbocycles. The quantitative estimate of drug-likeness (QED) is 0.401. The van der Waals surface area contributed by atoms with Gasteiger partial charge in [-0.25, -0.2) is 13.3 Å². The number of para-hydroxylation sites is 2. The van der Waals surface area contributed by atoms with Crippen molar-refractivity contribution >= 4 is 60.8 Å². The zero-order valence-corrected chi connectivity index (χ0v) is 21.5. The van der Waals surface area contributed by atoms with Crippen LogP contribution in [0, 0.1) is 19.3 Å². The molecule has 11 heteroatoms. The number of hydrogen-bond donors (Lipinski definition) is 1. The molecular weight excluding hydrogens is 498 g/mol. The summed E-state index contributed by atoms with van der Waals surface area (Å²) >= 11 is 0.771. The fourth-order valence-electron chi connectivity index (χ4n) is 4.24. The van der Waals surface area contributed by atoms with Crippen molar-refractivity contribution in [2.24, 2.45) is 9.39 Å². The highest BCUT2D eigenvalue weighted by atomic mass is 32.2. The van der Waals surface area contributed by atoms with E-state index in [-0.39, 0.29) is 21.7 Å². The van der Waals surface area contributed by atoms with Crippen LogP contribution in [0.5, 0.6) is 5.75 Å². The Morgan fingerprint density at radius 2 is 1.83 bits per heavy atom. The van der Waals surface area contributed by atoms with Gasteiger partial charge in [-0.15, -0.1) is 0 Å². The van der Waals surface area contributed by atoms with E-state index in [4.69, 9.17) is 10.1 Å². The largest absolute Gasteiger partial charge is 0.491 e. The van der Waals surface area contributed by atoms with E-state index in [1.807, 2.05) is 67.1 Å². The highest BCUT2D eigenvalue weighted by Crippen LogP contribution is 2.31. The van der Waals surface area contributed by atoms with Crippen molar-refractivity contribution in [3.63, 3.8) is 0 Å². The number of aryl methyl sites for hydroxylation is 2. The Hall–Kier alpha value is -3.70. The molecule has 0 atom stereocenters. The zero-order chi connectivity index (χ0) is 25.6. The standard InChI is InChI=1S/C25H23N5O4S2/c1-15-7-6-8-16(2)21(15)34-12-11-29-14-17(18-9-4-5-10-20(18)29)13-19-22(26)30-24(27-23(19)31)35-28-25(30)36(3,32)33/h4-10,13-14,26H,11-12H2,1-3H3. The minimum atomic E-state index is -3.71. The first-order valence-corrected chi connectivity index (χ1v) is 13.8. The van der Waals surface area contributed by atoms with Gasteiger partial charge in [0.2, 0.25) is 20.2 Å². The molecule has 2 aliphatic heterocycles. The first kappa shape index (κ1) is 24.0. The summed E-state index contributed by atoms with van der Waals surface area (Å²) in [6, 6.07) is 13.8. The smallest absolute Gasteiger partial charge is 0.283 e. The van der Waals surface area contributed by atoms with Gasteiger partial charge < -0.3 is 9.30 Å². The van der Waals surface area contributed by atoms with E-state index in [9.17, 15) is 13.2 Å². The Morgan fingerprint density at radius 1 is 1.11 bits per heavy atom. The van der Waals surface area contributed by atoms with E-state index in [2.05, 4.69) is 9.39 Å². The molecule has 0 radical (unpaired) electrons. The third kappa shape index (κ3) is 4.24. The van der Waals surface area contributed by atoms with Crippen molar-refractivity contribution in [2.75, 3.05) is 12.9 Å². The number of aromatic nitrogens is 1. The number of nitrogens with zero attached hydrogens (tertiary/aromatic N) is 4. The van der Waals surface area contributed by atoms with Gasteiger partial charge in [0.1, 0.15) is 18.2 Å². The van der Waals surface area contributed by atoms with Crippen LogP contribution in [-0.2, 0) is 21.2 Å². The minimum Gasteiger partial charge on any atom is -0.491 e. The van der Waals surface area contributed by atoms with Gasteiger partial charge in [-0.05, 0) is 37.1 Å². The normalized spacial score (nSPS) is 17.0. The maximum Gasteiger partial charge on any atom is 0.283 e. The van der Waals surface area contributed by atoms with Crippen molar-refractivity contribution in [1.82, 2.24) is 9.47 Å². The van der Waals surface area contributed by atoms with Crippen LogP contribution < -0.4 is 4.74 Å². The maximum absolute atomic E-state index is 12.8. The van der Waals surface area contributed by atoms with Crippen molar-refractivity contribution < 1.29 is 17.9 Å². The van der Waals surface area contributed by atoms with Crippen LogP contribution in [0.1, 0.15) is 16.7 Å². The van der Waals surface area contributed by atoms with Crippen molar-refractivity contribution in [1.29, 1.82) is 5.41 Å². The first-order valence-electron chi connectivity index (χ1n) is 11.1. The highest BCUT2D eigenvalue weighted by molar-refractivity contribution is 8.16. The summed E-state index contributed by atoms with van der Waals surface area (Å²) in [4.78, 5) is 17.9. The van der Waals surface area contributed by atoms with E-state index < -0.39 is 15.7 Å². The van der Waals surface area contributed by atoms with Crippen LogP contribution in [0.25, 0.3) is 17.0 Å². The molecule has 0 unspecified atom stereocenters. The number of aliphatic imine (C=N–C) groups is 1. The molecule has 0 spiro atoms. The van der Waals surface area contributed by atoms with Gasteiger partial charge in [-0.1, -0.05) is 36.4 Å². The van der Waals surface area contributed by atoms with Gasteiger partial charge >= 0.3 is 0 Å². The Bertz CT molecular complexity index is 1610. The second kappa shape index (κ2) is 9.07. The van der Waals surface area contributed by atoms with E-state index in [1.165, 1.54) is 0 Å². The Balaban J connectivity index is 1.47. The number of sulfone groups is 1. The van der Waals surface area contributed by atoms with E-state index in [0.717, 1.165) is 50.9 Å². The summed E-state index contributed by atoms with van der Waals surface area (Å²) in [5.74, 6) is -0.00805. The lowest BCUT2D eigenvalue weighted by Gasteiger charge is -2.23. The number of amides is 1. The van der Waals surface area contributed by atoms with Crippen molar-refractivity contribution in [3.05, 3.63) is 70.9 Å². The highest BCUT2D eigenvalue weighted by Gasteiger charge is 2.41. The topological polar surface area (TPSA) is 117 Å². The van der Waals surface area contributed by atoms with Crippen LogP contribution in [0.2, 0.25) is 0 Å². The Labute approximate surface area is 212 Å². The van der Waals surface area contributed by atoms with E-state index >= 15 is 0 Å². The molecule has 1 N–H and O–H groups in total. The lowest BCUT2D eigenvalue weighted by molar-refractivity contribution is -0.114. The number of hydrogen-bond acceptors (Lipinski definition) is 7. The first-order chi connectivity index (χ1) is 17.1. The molecule has 2 aliphatic rings. The average Bonchev–Trinajstić information content (AvgIpc) is 3.41. The summed E-state index contributed by atoms with van der Waals surface area (Å²) in [5, 5.41) is 9.24. The number of carbonyl (C=O) groups is 1. The van der Waals surface area contributed by atoms with Gasteiger partial charge in [0.15, 0.2) is 0 Å². The predicted octanol–water partition coefficient (Wildman–Crippen LogP) is 3.96. The number of rotatable bonds is 5. The number of amidine groups is 3. The van der Waals surface area contributed by atoms with Crippen LogP contribution in [-0.4, -0.2) is 52.8 Å². The fraction of sp³-hybridized carbons (Fsp3) is 0.200. The number of nitrogens with one attached hydrogen (secondary N) is 1. The van der Waals surface area contributed by atoms with E-state index in [0.29, 0.717) is 18.7 Å². The maximum atomic E-state index is 12.8. The zero-order valence-electron chi connectivity index (χ0n) is 19.8. The molecule has 9 nitrogen and oxygen atoms in total. The average molecular weight is 522 g/mol. The Morgan fingerprint density at radius 3 is 2.56 bits per heavy atom. The minimum absolute atomic E-state index is 0.00714. The monoisotopic (exact) mass is 521 g/mol. The third-order valence-electron chi connectivity index (χ3n) is 5.93. The van der Waals surface area contributed by atoms with Crippen LogP contribution in [0.15, 0.2) is 63.6 Å². The van der Waals surface area contributed by atoms with Gasteiger partial charge in [-0.2, -0.15) is 9.39 Å². The van der Waals surface area contributed by atoms with Crippen LogP contribution >= 0.6 is 11.9 Å². The number of fused-ring (bicyclic) bond motifs is 2. The molecule has 1 amide bonds. The second-order valence-corrected chi connectivity index (χ2v) is 11.2. The molecule has 0 aliphatic carbocycles. The van der Waals surface area contributed by atoms with Gasteiger partial charge in [0.05, 0.1) is 24.1 Å². The molecule has 0 fully saturated rings. The molecule has 36 heavy (non-hydrogen) atoms. The Kier molecular flexibility index (Phi) is 6.05. The second-order valence-electron chi connectivity index (χ2n) is 8.54. The number of benzene rings is 2. The summed E-state index contributed by atoms with van der Waals surface area (Å²) in [7, 11) is -3.71. The lowest BCUT2D eigenvalue weighted by Crippen LogP contribution is -2.45. The fourth-order valence-corrected chi connectivity index (χ4v) is 6.09. The van der Waals surface area contributed by atoms with E-state index in [1.54, 1.807) is 6.08 Å². The van der Waals surface area contributed by atoms with Crippen molar-refractivity contribution in [2.45, 2.75) is 20.4 Å². The molecule has 3 heterocycles. The molecule has 3 aromatic rings. The molecule has 184 valence electrons. The molecule has 2 aromatic carbocycles. The molecule has 1 aromatic heterocycles. The van der Waals surface area contributed by atoms with Crippen molar-refractivity contribution in [3.8, 4) is 5.75 Å². The van der Waals surface area contributed by atoms with Crippen LogP contribution in [0.3, 0.4) is 0 Å². The number of carbonyl (C=O) groups excluding carboxylic acids is 1. The molecule has 0 bridgehead atoms. The summed E-state index contributed by atoms with van der Waals surface area (Å²) in [5.41, 5.74) is 3.80. The third-order valence-corrected chi connectivity index (χ3v) is 7.69. The van der Waals surface area contributed by atoms with Crippen LogP contribution in [0.4, 0.5) is 0 Å². The molecule has 0 saturated heterocycles. The van der Waals surface area contributed by atoms with Gasteiger partial charge in [-0.3, -0.25) is 10.2 Å². The molecule has 5 rings (SSSR count).